The first-order valence-electron chi connectivity index (χ1n) is 6.41. The maximum atomic E-state index is 5.38. The molecule has 0 fully saturated rings. The molecule has 2 rings (SSSR count). The first-order valence-corrected chi connectivity index (χ1v) is 6.41. The lowest BCUT2D eigenvalue weighted by molar-refractivity contribution is 0.340. The van der Waals surface area contributed by atoms with Gasteiger partial charge in [-0.25, -0.2) is 0 Å². The Hall–Kier alpha value is -2.29. The van der Waals surface area contributed by atoms with Gasteiger partial charge in [-0.3, -0.25) is 0 Å². The Kier molecular flexibility index (Phi) is 4.99. The monoisotopic (exact) mass is 254 g/mol. The van der Waals surface area contributed by atoms with E-state index in [9.17, 15) is 0 Å². The summed E-state index contributed by atoms with van der Waals surface area (Å²) in [5, 5.41) is 4.20. The maximum absolute atomic E-state index is 5.38. The molecule has 0 bridgehead atoms. The van der Waals surface area contributed by atoms with Crippen LogP contribution in [0.2, 0.25) is 0 Å². The van der Waals surface area contributed by atoms with Crippen LogP contribution in [0.25, 0.3) is 0 Å². The quantitative estimate of drug-likeness (QED) is 0.634. The predicted molar refractivity (Wildman–Crippen MR) is 78.5 cm³/mol. The number of hydrogen-bond donors (Lipinski definition) is 1. The second-order valence-corrected chi connectivity index (χ2v) is 4.08. The predicted octanol–water partition coefficient (Wildman–Crippen LogP) is 3.21. The zero-order chi connectivity index (χ0) is 13.3. The van der Waals surface area contributed by atoms with Crippen molar-refractivity contribution in [2.24, 2.45) is 5.10 Å². The number of rotatable bonds is 6. The minimum absolute atomic E-state index is 0.687. The molecule has 2 aromatic rings. The van der Waals surface area contributed by atoms with Crippen molar-refractivity contribution in [3.8, 4) is 5.75 Å². The third-order valence-electron chi connectivity index (χ3n) is 2.62. The fourth-order valence-corrected chi connectivity index (χ4v) is 1.67. The van der Waals surface area contributed by atoms with Crippen LogP contribution in [0.4, 0.5) is 0 Å². The number of ether oxygens (including phenoxy) is 1. The van der Waals surface area contributed by atoms with E-state index >= 15 is 0 Å². The first-order chi connectivity index (χ1) is 9.38. The number of hydrazone groups is 1. The summed E-state index contributed by atoms with van der Waals surface area (Å²) in [5.74, 6) is 0.886. The van der Waals surface area contributed by atoms with Gasteiger partial charge in [0, 0.05) is 0 Å². The molecule has 0 amide bonds. The van der Waals surface area contributed by atoms with Crippen LogP contribution in [0.1, 0.15) is 18.1 Å². The fraction of sp³-hybridized carbons (Fsp3) is 0.188. The lowest BCUT2D eigenvalue weighted by Crippen LogP contribution is -2.05. The summed E-state index contributed by atoms with van der Waals surface area (Å²) in [6.45, 7) is 3.39. The molecular weight excluding hydrogens is 236 g/mol. The summed E-state index contributed by atoms with van der Waals surface area (Å²) < 4.78 is 5.38. The highest BCUT2D eigenvalue weighted by atomic mass is 16.5. The van der Waals surface area contributed by atoms with Crippen molar-refractivity contribution in [1.29, 1.82) is 0 Å². The van der Waals surface area contributed by atoms with E-state index in [-0.39, 0.29) is 0 Å². The van der Waals surface area contributed by atoms with Gasteiger partial charge in [0.15, 0.2) is 0 Å². The molecule has 2 aromatic carbocycles. The van der Waals surface area contributed by atoms with Crippen molar-refractivity contribution in [3.63, 3.8) is 0 Å². The molecule has 98 valence electrons. The van der Waals surface area contributed by atoms with E-state index in [0.29, 0.717) is 6.61 Å². The standard InChI is InChI=1S/C16H18N2O/c1-2-19-16-10-8-15(9-11-16)13-18-17-12-14-6-4-3-5-7-14/h3-11,13,17H,2,12H2,1H3. The van der Waals surface area contributed by atoms with Crippen LogP contribution >= 0.6 is 0 Å². The summed E-state index contributed by atoms with van der Waals surface area (Å²) in [5.41, 5.74) is 5.29. The third kappa shape index (κ3) is 4.47. The van der Waals surface area contributed by atoms with Crippen LogP contribution < -0.4 is 10.2 Å². The Labute approximate surface area is 113 Å². The van der Waals surface area contributed by atoms with Crippen molar-refractivity contribution >= 4 is 6.21 Å². The first kappa shape index (κ1) is 13.1. The number of nitrogens with zero attached hydrogens (tertiary/aromatic N) is 1. The van der Waals surface area contributed by atoms with Crippen LogP contribution in [0.3, 0.4) is 0 Å². The Bertz CT molecular complexity index is 506. The van der Waals surface area contributed by atoms with E-state index in [1.165, 1.54) is 5.56 Å². The van der Waals surface area contributed by atoms with Gasteiger partial charge in [0.2, 0.25) is 0 Å². The maximum Gasteiger partial charge on any atom is 0.119 e. The highest BCUT2D eigenvalue weighted by Gasteiger charge is 1.92. The Morgan fingerprint density at radius 3 is 2.47 bits per heavy atom. The normalized spacial score (nSPS) is 10.6. The minimum atomic E-state index is 0.687. The van der Waals surface area contributed by atoms with Gasteiger partial charge in [-0.1, -0.05) is 30.3 Å². The molecule has 0 aliphatic rings. The van der Waals surface area contributed by atoms with Gasteiger partial charge < -0.3 is 10.2 Å². The van der Waals surface area contributed by atoms with Crippen LogP contribution in [-0.4, -0.2) is 12.8 Å². The van der Waals surface area contributed by atoms with Gasteiger partial charge in [0.05, 0.1) is 19.4 Å². The molecule has 0 spiro atoms. The molecule has 0 heterocycles. The van der Waals surface area contributed by atoms with Crippen molar-refractivity contribution < 1.29 is 4.74 Å². The average Bonchev–Trinajstić information content (AvgIpc) is 2.47. The zero-order valence-electron chi connectivity index (χ0n) is 11.0. The molecule has 0 radical (unpaired) electrons. The topological polar surface area (TPSA) is 33.6 Å². The van der Waals surface area contributed by atoms with Crippen molar-refractivity contribution in [1.82, 2.24) is 5.43 Å². The molecule has 3 nitrogen and oxygen atoms in total. The van der Waals surface area contributed by atoms with Crippen molar-refractivity contribution in [2.45, 2.75) is 13.5 Å². The molecule has 0 saturated heterocycles. The van der Waals surface area contributed by atoms with Crippen LogP contribution in [0.5, 0.6) is 5.75 Å². The van der Waals surface area contributed by atoms with E-state index in [0.717, 1.165) is 17.9 Å². The highest BCUT2D eigenvalue weighted by molar-refractivity contribution is 5.79. The summed E-state index contributed by atoms with van der Waals surface area (Å²) in [6, 6.07) is 18.0. The zero-order valence-corrected chi connectivity index (χ0v) is 11.0. The summed E-state index contributed by atoms with van der Waals surface area (Å²) >= 11 is 0. The molecule has 0 saturated carbocycles. The van der Waals surface area contributed by atoms with Gasteiger partial charge in [-0.15, -0.1) is 0 Å². The van der Waals surface area contributed by atoms with Gasteiger partial charge in [-0.05, 0) is 42.3 Å². The van der Waals surface area contributed by atoms with Crippen LogP contribution in [-0.2, 0) is 6.54 Å². The molecule has 0 atom stereocenters. The van der Waals surface area contributed by atoms with Gasteiger partial charge >= 0.3 is 0 Å². The minimum Gasteiger partial charge on any atom is -0.494 e. The molecular formula is C16H18N2O. The van der Waals surface area contributed by atoms with Gasteiger partial charge in [-0.2, -0.15) is 5.10 Å². The molecule has 0 unspecified atom stereocenters. The molecule has 1 N–H and O–H groups in total. The summed E-state index contributed by atoms with van der Waals surface area (Å²) in [4.78, 5) is 0. The SMILES string of the molecule is CCOc1ccc(C=NNCc2ccccc2)cc1. The second kappa shape index (κ2) is 7.21. The van der Waals surface area contributed by atoms with E-state index in [1.54, 1.807) is 6.21 Å². The molecule has 3 heteroatoms. The number of benzene rings is 2. The number of nitrogens with one attached hydrogen (secondary N) is 1. The third-order valence-corrected chi connectivity index (χ3v) is 2.62. The van der Waals surface area contributed by atoms with E-state index < -0.39 is 0 Å². The Balaban J connectivity index is 1.82. The highest BCUT2D eigenvalue weighted by Crippen LogP contribution is 2.10. The van der Waals surface area contributed by atoms with Crippen LogP contribution in [0, 0.1) is 0 Å². The van der Waals surface area contributed by atoms with Crippen molar-refractivity contribution in [3.05, 3.63) is 65.7 Å². The van der Waals surface area contributed by atoms with Gasteiger partial charge in [0.25, 0.3) is 0 Å². The largest absolute Gasteiger partial charge is 0.494 e. The summed E-state index contributed by atoms with van der Waals surface area (Å²) in [7, 11) is 0. The Morgan fingerprint density at radius 2 is 1.79 bits per heavy atom. The van der Waals surface area contributed by atoms with E-state index in [1.807, 2.05) is 49.4 Å². The Morgan fingerprint density at radius 1 is 1.05 bits per heavy atom. The molecule has 0 aromatic heterocycles. The lowest BCUT2D eigenvalue weighted by atomic mass is 10.2. The van der Waals surface area contributed by atoms with Gasteiger partial charge in [0.1, 0.15) is 5.75 Å². The van der Waals surface area contributed by atoms with Crippen molar-refractivity contribution in [2.75, 3.05) is 6.61 Å². The number of hydrogen-bond acceptors (Lipinski definition) is 3. The van der Waals surface area contributed by atoms with E-state index in [2.05, 4.69) is 22.7 Å². The van der Waals surface area contributed by atoms with Crippen LogP contribution in [0.15, 0.2) is 59.7 Å². The lowest BCUT2D eigenvalue weighted by Gasteiger charge is -2.02. The second-order valence-electron chi connectivity index (χ2n) is 4.08. The average molecular weight is 254 g/mol. The molecule has 0 aliphatic carbocycles. The summed E-state index contributed by atoms with van der Waals surface area (Å²) in [6.07, 6.45) is 1.80. The fourth-order valence-electron chi connectivity index (χ4n) is 1.67. The molecule has 0 aliphatic heterocycles. The smallest absolute Gasteiger partial charge is 0.119 e. The van der Waals surface area contributed by atoms with E-state index in [4.69, 9.17) is 4.74 Å². The molecule has 19 heavy (non-hydrogen) atoms.